The van der Waals surface area contributed by atoms with Gasteiger partial charge in [-0.25, -0.2) is 4.79 Å². The first-order valence-electron chi connectivity index (χ1n) is 4.66. The maximum Gasteiger partial charge on any atom is 0.330 e. The van der Waals surface area contributed by atoms with Gasteiger partial charge in [-0.2, -0.15) is 0 Å². The van der Waals surface area contributed by atoms with Crippen molar-refractivity contribution in [3.05, 3.63) is 11.6 Å². The number of halogens is 1. The predicted octanol–water partition coefficient (Wildman–Crippen LogP) is 2.33. The predicted molar refractivity (Wildman–Crippen MR) is 64.1 cm³/mol. The summed E-state index contributed by atoms with van der Waals surface area (Å²) < 4.78 is 0. The lowest BCUT2D eigenvalue weighted by molar-refractivity contribution is -0.132. The first-order chi connectivity index (χ1) is 6.07. The molecule has 3 nitrogen and oxygen atoms in total. The third kappa shape index (κ3) is 8.26. The van der Waals surface area contributed by atoms with Crippen LogP contribution < -0.4 is 0 Å². The topological polar surface area (TPSA) is 40.5 Å². The van der Waals surface area contributed by atoms with Gasteiger partial charge in [-0.3, -0.25) is 0 Å². The molecule has 1 N–H and O–H groups in total. The molecule has 0 aromatic carbocycles. The van der Waals surface area contributed by atoms with Crippen LogP contribution in [-0.4, -0.2) is 36.1 Å². The van der Waals surface area contributed by atoms with Gasteiger partial charge in [0.2, 0.25) is 0 Å². The molecule has 0 radical (unpaired) electrons. The summed E-state index contributed by atoms with van der Waals surface area (Å²) in [5.74, 6) is -0.816. The van der Waals surface area contributed by atoms with Crippen molar-refractivity contribution in [3.8, 4) is 0 Å². The Morgan fingerprint density at radius 2 is 2.07 bits per heavy atom. The van der Waals surface area contributed by atoms with Crippen molar-refractivity contribution in [3.63, 3.8) is 0 Å². The van der Waals surface area contributed by atoms with Crippen molar-refractivity contribution >= 4 is 23.0 Å². The van der Waals surface area contributed by atoms with E-state index in [2.05, 4.69) is 18.9 Å². The molecule has 0 unspecified atom stereocenters. The van der Waals surface area contributed by atoms with Crippen LogP contribution in [0.25, 0.3) is 0 Å². The highest BCUT2D eigenvalue weighted by atomic mass is 79.9. The first kappa shape index (κ1) is 16.1. The molecular weight excluding hydrogens is 246 g/mol. The molecule has 0 atom stereocenters. The Kier molecular flexibility index (Phi) is 10.6. The fourth-order valence-electron chi connectivity index (χ4n) is 0.925. The summed E-state index contributed by atoms with van der Waals surface area (Å²) in [6.45, 7) is 5.81. The van der Waals surface area contributed by atoms with Gasteiger partial charge in [0.1, 0.15) is 0 Å². The first-order valence-corrected chi connectivity index (χ1v) is 4.66. The van der Waals surface area contributed by atoms with E-state index < -0.39 is 5.97 Å². The number of unbranched alkanes of at least 4 members (excludes halogenated alkanes) is 1. The van der Waals surface area contributed by atoms with Crippen LogP contribution in [0, 0.1) is 0 Å². The lowest BCUT2D eigenvalue weighted by atomic mass is 10.2. The zero-order valence-electron chi connectivity index (χ0n) is 9.12. The minimum atomic E-state index is -0.816. The zero-order chi connectivity index (χ0) is 10.3. The van der Waals surface area contributed by atoms with Gasteiger partial charge < -0.3 is 10.0 Å². The molecule has 0 aliphatic carbocycles. The minimum absolute atomic E-state index is 0. The van der Waals surface area contributed by atoms with Gasteiger partial charge in [0.25, 0.3) is 0 Å². The molecule has 0 aromatic heterocycles. The molecule has 0 spiro atoms. The molecule has 0 bridgehead atoms. The Morgan fingerprint density at radius 1 is 1.50 bits per heavy atom. The van der Waals surface area contributed by atoms with Crippen molar-refractivity contribution in [1.29, 1.82) is 0 Å². The average molecular weight is 266 g/mol. The molecule has 0 saturated heterocycles. The Balaban J connectivity index is 0. The van der Waals surface area contributed by atoms with E-state index in [1.807, 2.05) is 0 Å². The summed E-state index contributed by atoms with van der Waals surface area (Å²) in [7, 11) is 2.06. The van der Waals surface area contributed by atoms with Crippen LogP contribution in [-0.2, 0) is 4.79 Å². The van der Waals surface area contributed by atoms with Gasteiger partial charge in [0.05, 0.1) is 0 Å². The van der Waals surface area contributed by atoms with Crippen LogP contribution in [0.5, 0.6) is 0 Å². The Morgan fingerprint density at radius 3 is 2.50 bits per heavy atom. The molecule has 0 heterocycles. The largest absolute Gasteiger partial charge is 0.478 e. The van der Waals surface area contributed by atoms with Crippen LogP contribution >= 0.6 is 17.0 Å². The minimum Gasteiger partial charge on any atom is -0.478 e. The van der Waals surface area contributed by atoms with Gasteiger partial charge in [-0.05, 0) is 39.9 Å². The highest BCUT2D eigenvalue weighted by Crippen LogP contribution is 1.99. The molecule has 84 valence electrons. The number of nitrogens with zero attached hydrogens (tertiary/aromatic N) is 1. The van der Waals surface area contributed by atoms with E-state index in [0.29, 0.717) is 5.57 Å². The van der Waals surface area contributed by atoms with Crippen LogP contribution in [0.4, 0.5) is 0 Å². The third-order valence-electron chi connectivity index (χ3n) is 2.07. The summed E-state index contributed by atoms with van der Waals surface area (Å²) in [5.41, 5.74) is 0.444. The number of allylic oxidation sites excluding steroid dienone is 1. The molecule has 0 aliphatic heterocycles. The Labute approximate surface area is 96.6 Å². The van der Waals surface area contributed by atoms with Crippen molar-refractivity contribution in [1.82, 2.24) is 4.90 Å². The van der Waals surface area contributed by atoms with Crippen molar-refractivity contribution in [2.24, 2.45) is 0 Å². The van der Waals surface area contributed by atoms with Crippen LogP contribution in [0.15, 0.2) is 11.6 Å². The molecule has 0 aromatic rings. The fourth-order valence-corrected chi connectivity index (χ4v) is 0.925. The van der Waals surface area contributed by atoms with Gasteiger partial charge >= 0.3 is 5.97 Å². The number of hydrogen-bond donors (Lipinski definition) is 1. The monoisotopic (exact) mass is 265 g/mol. The van der Waals surface area contributed by atoms with Gasteiger partial charge in [-0.15, -0.1) is 17.0 Å². The van der Waals surface area contributed by atoms with E-state index in [1.165, 1.54) is 0 Å². The molecule has 0 amide bonds. The van der Waals surface area contributed by atoms with Crippen molar-refractivity contribution in [2.45, 2.75) is 26.7 Å². The summed E-state index contributed by atoms with van der Waals surface area (Å²) in [6.07, 6.45) is 3.66. The maximum atomic E-state index is 10.4. The lowest BCUT2D eigenvalue weighted by Gasteiger charge is -2.11. The van der Waals surface area contributed by atoms with E-state index in [9.17, 15) is 4.79 Å². The second kappa shape index (κ2) is 9.21. The van der Waals surface area contributed by atoms with Gasteiger partial charge in [0.15, 0.2) is 0 Å². The molecule has 0 rings (SSSR count). The quantitative estimate of drug-likeness (QED) is 0.592. The van der Waals surface area contributed by atoms with E-state index in [0.717, 1.165) is 25.9 Å². The highest BCUT2D eigenvalue weighted by Gasteiger charge is 1.98. The summed E-state index contributed by atoms with van der Waals surface area (Å²) >= 11 is 0. The normalized spacial score (nSPS) is 11.3. The number of aliphatic carboxylic acids is 1. The number of carboxylic acid groups (broad SMARTS) is 1. The Bertz CT molecular complexity index is 193. The second-order valence-corrected chi connectivity index (χ2v) is 3.23. The molecule has 14 heavy (non-hydrogen) atoms. The lowest BCUT2D eigenvalue weighted by Crippen LogP contribution is -2.18. The van der Waals surface area contributed by atoms with Crippen molar-refractivity contribution in [2.75, 3.05) is 20.1 Å². The van der Waals surface area contributed by atoms with Crippen LogP contribution in [0.2, 0.25) is 0 Å². The molecular formula is C10H20BrNO2. The summed E-state index contributed by atoms with van der Waals surface area (Å²) in [4.78, 5) is 12.6. The molecule has 0 aliphatic rings. The van der Waals surface area contributed by atoms with E-state index in [4.69, 9.17) is 5.11 Å². The summed E-state index contributed by atoms with van der Waals surface area (Å²) in [6, 6.07) is 0. The SMILES string of the molecule is Br.CCN(C)CCCC=C(C)C(=O)O. The molecule has 0 saturated carbocycles. The van der Waals surface area contributed by atoms with Crippen LogP contribution in [0.3, 0.4) is 0 Å². The smallest absolute Gasteiger partial charge is 0.330 e. The number of rotatable bonds is 6. The second-order valence-electron chi connectivity index (χ2n) is 3.23. The molecule has 0 fully saturated rings. The maximum absolute atomic E-state index is 10.4. The van der Waals surface area contributed by atoms with E-state index in [1.54, 1.807) is 13.0 Å². The van der Waals surface area contributed by atoms with Crippen molar-refractivity contribution < 1.29 is 9.90 Å². The zero-order valence-corrected chi connectivity index (χ0v) is 10.8. The number of hydrogen-bond acceptors (Lipinski definition) is 2. The highest BCUT2D eigenvalue weighted by molar-refractivity contribution is 8.93. The number of carbonyl (C=O) groups is 1. The fraction of sp³-hybridized carbons (Fsp3) is 0.700. The number of carboxylic acids is 1. The van der Waals surface area contributed by atoms with Gasteiger partial charge in [0, 0.05) is 5.57 Å². The average Bonchev–Trinajstić information content (AvgIpc) is 2.11. The van der Waals surface area contributed by atoms with Gasteiger partial charge in [-0.1, -0.05) is 13.0 Å². The van der Waals surface area contributed by atoms with E-state index in [-0.39, 0.29) is 17.0 Å². The Hall–Kier alpha value is -0.350. The van der Waals surface area contributed by atoms with Crippen LogP contribution in [0.1, 0.15) is 26.7 Å². The molecule has 4 heteroatoms. The summed E-state index contributed by atoms with van der Waals surface area (Å²) in [5, 5.41) is 8.56. The standard InChI is InChI=1S/C10H19NO2.BrH/c1-4-11(3)8-6-5-7-9(2)10(12)13;/h7H,4-6,8H2,1-3H3,(H,12,13);1H. The third-order valence-corrected chi connectivity index (χ3v) is 2.07. The van der Waals surface area contributed by atoms with E-state index >= 15 is 0 Å².